The van der Waals surface area contributed by atoms with Crippen LogP contribution in [0.1, 0.15) is 18.0 Å². The lowest BCUT2D eigenvalue weighted by Crippen LogP contribution is -2.30. The van der Waals surface area contributed by atoms with Gasteiger partial charge >= 0.3 is 0 Å². The first-order valence-corrected chi connectivity index (χ1v) is 9.29. The van der Waals surface area contributed by atoms with Crippen molar-refractivity contribution in [3.63, 3.8) is 0 Å². The number of fused-ring (bicyclic) bond motifs is 1. The number of thiophene rings is 1. The zero-order chi connectivity index (χ0) is 13.3. The van der Waals surface area contributed by atoms with Crippen molar-refractivity contribution in [2.45, 2.75) is 21.6 Å². The monoisotopic (exact) mass is 311 g/mol. The van der Waals surface area contributed by atoms with Crippen LogP contribution in [0.3, 0.4) is 0 Å². The van der Waals surface area contributed by atoms with Crippen LogP contribution in [0.5, 0.6) is 0 Å². The molecular weight excluding hydrogens is 298 g/mol. The predicted molar refractivity (Wildman–Crippen MR) is 79.2 cm³/mol. The van der Waals surface area contributed by atoms with E-state index in [2.05, 4.69) is 4.72 Å². The Morgan fingerprint density at radius 1 is 1.16 bits per heavy atom. The zero-order valence-corrected chi connectivity index (χ0v) is 12.5. The molecule has 0 saturated carbocycles. The quantitative estimate of drug-likeness (QED) is 0.946. The van der Waals surface area contributed by atoms with Gasteiger partial charge in [0.25, 0.3) is 10.0 Å². The second-order valence-corrected chi connectivity index (χ2v) is 8.31. The molecule has 19 heavy (non-hydrogen) atoms. The molecule has 0 amide bonds. The molecule has 0 saturated heterocycles. The molecule has 1 aliphatic rings. The van der Waals surface area contributed by atoms with Crippen LogP contribution < -0.4 is 4.72 Å². The van der Waals surface area contributed by atoms with Crippen LogP contribution in [-0.4, -0.2) is 14.2 Å². The Kier molecular flexibility index (Phi) is 3.66. The third kappa shape index (κ3) is 2.72. The van der Waals surface area contributed by atoms with E-state index in [1.54, 1.807) is 29.3 Å². The Labute approximate surface area is 121 Å². The van der Waals surface area contributed by atoms with Gasteiger partial charge in [-0.2, -0.15) is 0 Å². The Hall–Kier alpha value is -0.820. The molecule has 0 bridgehead atoms. The van der Waals surface area contributed by atoms with Gasteiger partial charge in [0.2, 0.25) is 0 Å². The molecule has 0 fully saturated rings. The molecule has 6 heteroatoms. The summed E-state index contributed by atoms with van der Waals surface area (Å²) in [6.45, 7) is 0. The van der Waals surface area contributed by atoms with Gasteiger partial charge in [0.05, 0.1) is 0 Å². The number of sulfonamides is 1. The van der Waals surface area contributed by atoms with E-state index in [9.17, 15) is 8.42 Å². The zero-order valence-electron chi connectivity index (χ0n) is 10.1. The second-order valence-electron chi connectivity index (χ2n) is 4.28. The van der Waals surface area contributed by atoms with Gasteiger partial charge in [0, 0.05) is 10.9 Å². The van der Waals surface area contributed by atoms with Gasteiger partial charge in [-0.05, 0) is 35.2 Å². The molecule has 2 heterocycles. The Morgan fingerprint density at radius 2 is 2.00 bits per heavy atom. The van der Waals surface area contributed by atoms with Crippen LogP contribution in [0.2, 0.25) is 0 Å². The van der Waals surface area contributed by atoms with Gasteiger partial charge in [-0.25, -0.2) is 13.1 Å². The van der Waals surface area contributed by atoms with Crippen molar-refractivity contribution in [2.75, 3.05) is 5.75 Å². The van der Waals surface area contributed by atoms with Gasteiger partial charge in [-0.1, -0.05) is 24.3 Å². The Morgan fingerprint density at radius 3 is 2.79 bits per heavy atom. The van der Waals surface area contributed by atoms with Crippen LogP contribution in [0.25, 0.3) is 0 Å². The van der Waals surface area contributed by atoms with Crippen LogP contribution >= 0.6 is 23.1 Å². The molecule has 1 aromatic carbocycles. The van der Waals surface area contributed by atoms with E-state index in [-0.39, 0.29) is 6.04 Å². The van der Waals surface area contributed by atoms with Crippen molar-refractivity contribution in [2.24, 2.45) is 0 Å². The van der Waals surface area contributed by atoms with Gasteiger partial charge in [-0.3, -0.25) is 0 Å². The number of hydrogen-bond donors (Lipinski definition) is 1. The number of thioether (sulfide) groups is 1. The lowest BCUT2D eigenvalue weighted by Gasteiger charge is -2.25. The van der Waals surface area contributed by atoms with E-state index in [0.29, 0.717) is 4.21 Å². The van der Waals surface area contributed by atoms with Crippen LogP contribution in [0.4, 0.5) is 0 Å². The maximum absolute atomic E-state index is 12.3. The predicted octanol–water partition coefficient (Wildman–Crippen LogP) is 3.26. The van der Waals surface area contributed by atoms with Crippen molar-refractivity contribution >= 4 is 33.1 Å². The van der Waals surface area contributed by atoms with Gasteiger partial charge in [0.15, 0.2) is 0 Å². The number of benzene rings is 1. The fraction of sp³-hybridized carbons (Fsp3) is 0.231. The molecule has 0 spiro atoms. The van der Waals surface area contributed by atoms with Gasteiger partial charge in [-0.15, -0.1) is 23.1 Å². The van der Waals surface area contributed by atoms with E-state index < -0.39 is 10.0 Å². The first-order chi connectivity index (χ1) is 9.17. The minimum atomic E-state index is -3.40. The van der Waals surface area contributed by atoms with Crippen molar-refractivity contribution in [3.05, 3.63) is 47.3 Å². The minimum absolute atomic E-state index is 0.121. The van der Waals surface area contributed by atoms with E-state index in [1.807, 2.05) is 24.3 Å². The number of nitrogens with one attached hydrogen (secondary N) is 1. The van der Waals surface area contributed by atoms with Crippen molar-refractivity contribution in [1.82, 2.24) is 4.72 Å². The summed E-state index contributed by atoms with van der Waals surface area (Å²) >= 11 is 3.03. The SMILES string of the molecule is O=S(=O)(N[C@@H]1CCSc2ccccc21)c1cccs1. The van der Waals surface area contributed by atoms with E-state index in [1.165, 1.54) is 16.2 Å². The number of hydrogen-bond acceptors (Lipinski definition) is 4. The molecule has 100 valence electrons. The average Bonchev–Trinajstić information content (AvgIpc) is 2.93. The maximum Gasteiger partial charge on any atom is 0.250 e. The first-order valence-electron chi connectivity index (χ1n) is 5.94. The lowest BCUT2D eigenvalue weighted by atomic mass is 10.1. The largest absolute Gasteiger partial charge is 0.250 e. The molecule has 0 aliphatic carbocycles. The molecule has 1 aliphatic heterocycles. The molecule has 3 rings (SSSR count). The topological polar surface area (TPSA) is 46.2 Å². The van der Waals surface area contributed by atoms with Gasteiger partial charge in [0.1, 0.15) is 4.21 Å². The third-order valence-corrected chi connectivity index (χ3v) is 7.01. The average molecular weight is 311 g/mol. The summed E-state index contributed by atoms with van der Waals surface area (Å²) < 4.78 is 27.7. The fourth-order valence-corrected chi connectivity index (χ4v) is 5.51. The molecule has 2 aromatic rings. The molecule has 1 aromatic heterocycles. The van der Waals surface area contributed by atoms with Crippen LogP contribution in [-0.2, 0) is 10.0 Å². The van der Waals surface area contributed by atoms with Crippen LogP contribution in [0, 0.1) is 0 Å². The minimum Gasteiger partial charge on any atom is -0.206 e. The molecule has 0 radical (unpaired) electrons. The van der Waals surface area contributed by atoms with Crippen LogP contribution in [0.15, 0.2) is 50.9 Å². The van der Waals surface area contributed by atoms with Gasteiger partial charge < -0.3 is 0 Å². The standard InChI is InChI=1S/C13H13NO2S3/c15-19(16,13-6-3-8-18-13)14-11-7-9-17-12-5-2-1-4-10(11)12/h1-6,8,11,14H,7,9H2/t11-/m1/s1. The maximum atomic E-state index is 12.3. The lowest BCUT2D eigenvalue weighted by molar-refractivity contribution is 0.548. The molecular formula is C13H13NO2S3. The highest BCUT2D eigenvalue weighted by Crippen LogP contribution is 2.36. The summed E-state index contributed by atoms with van der Waals surface area (Å²) in [4.78, 5) is 1.17. The van der Waals surface area contributed by atoms with E-state index in [0.717, 1.165) is 17.7 Å². The Balaban J connectivity index is 1.90. The second kappa shape index (κ2) is 5.28. The van der Waals surface area contributed by atoms with Crippen molar-refractivity contribution in [3.8, 4) is 0 Å². The summed E-state index contributed by atoms with van der Waals surface area (Å²) in [5, 5.41) is 1.78. The molecule has 1 N–H and O–H groups in total. The number of rotatable bonds is 3. The first kappa shape index (κ1) is 13.2. The van der Waals surface area contributed by atoms with E-state index >= 15 is 0 Å². The molecule has 0 unspecified atom stereocenters. The summed E-state index contributed by atoms with van der Waals surface area (Å²) in [5.74, 6) is 0.939. The van der Waals surface area contributed by atoms with Crippen molar-refractivity contribution in [1.29, 1.82) is 0 Å². The summed E-state index contributed by atoms with van der Waals surface area (Å²) in [5.41, 5.74) is 1.08. The van der Waals surface area contributed by atoms with E-state index in [4.69, 9.17) is 0 Å². The third-order valence-electron chi connectivity index (χ3n) is 3.02. The molecule has 1 atom stereocenters. The summed E-state index contributed by atoms with van der Waals surface area (Å²) in [6, 6.07) is 11.3. The summed E-state index contributed by atoms with van der Waals surface area (Å²) in [7, 11) is -3.40. The molecule has 3 nitrogen and oxygen atoms in total. The smallest absolute Gasteiger partial charge is 0.206 e. The Bertz CT molecular complexity index is 665. The highest BCUT2D eigenvalue weighted by molar-refractivity contribution is 7.99. The fourth-order valence-electron chi connectivity index (χ4n) is 2.13. The highest BCUT2D eigenvalue weighted by Gasteiger charge is 2.26. The normalized spacial score (nSPS) is 19.1. The van der Waals surface area contributed by atoms with Crippen molar-refractivity contribution < 1.29 is 8.42 Å². The summed E-state index contributed by atoms with van der Waals surface area (Å²) in [6.07, 6.45) is 0.826. The highest BCUT2D eigenvalue weighted by atomic mass is 32.2.